The molecule has 1 aliphatic rings. The van der Waals surface area contributed by atoms with Crippen LogP contribution in [-0.4, -0.2) is 50.1 Å². The fourth-order valence-electron chi connectivity index (χ4n) is 2.49. The van der Waals surface area contributed by atoms with Crippen LogP contribution in [0.4, 0.5) is 0 Å². The average Bonchev–Trinajstić information content (AvgIpc) is 3.07. The third-order valence-electron chi connectivity index (χ3n) is 3.75. The van der Waals surface area contributed by atoms with Crippen LogP contribution in [0.15, 0.2) is 18.2 Å². The highest BCUT2D eigenvalue weighted by Crippen LogP contribution is 2.22. The van der Waals surface area contributed by atoms with Crippen molar-refractivity contribution in [2.75, 3.05) is 27.3 Å². The van der Waals surface area contributed by atoms with Gasteiger partial charge in [-0.1, -0.05) is 0 Å². The van der Waals surface area contributed by atoms with Crippen molar-refractivity contribution >= 4 is 11.8 Å². The summed E-state index contributed by atoms with van der Waals surface area (Å²) in [6, 6.07) is 4.37. The fraction of sp³-hybridized carbons (Fsp3) is 0.500. The van der Waals surface area contributed by atoms with E-state index in [-0.39, 0.29) is 11.8 Å². The molecule has 0 radical (unpaired) electrons. The molecular weight excluding hydrogens is 284 g/mol. The Labute approximate surface area is 130 Å². The van der Waals surface area contributed by atoms with Gasteiger partial charge in [0.15, 0.2) is 0 Å². The minimum absolute atomic E-state index is 0.0410. The van der Waals surface area contributed by atoms with Crippen molar-refractivity contribution in [2.45, 2.75) is 25.8 Å². The molecule has 0 bridgehead atoms. The number of hydrogen-bond acceptors (Lipinski definition) is 4. The maximum absolute atomic E-state index is 12.3. The average molecular weight is 306 g/mol. The van der Waals surface area contributed by atoms with Crippen molar-refractivity contribution in [3.63, 3.8) is 0 Å². The van der Waals surface area contributed by atoms with Crippen LogP contribution in [0, 0.1) is 0 Å². The summed E-state index contributed by atoms with van der Waals surface area (Å²) >= 11 is 0. The maximum Gasteiger partial charge on any atom is 0.252 e. The number of nitrogens with one attached hydrogen (secondary N) is 1. The molecule has 120 valence electrons. The number of hydrogen-bond donors (Lipinski definition) is 1. The zero-order chi connectivity index (χ0) is 16.1. The molecule has 0 saturated carbocycles. The molecule has 2 amide bonds. The summed E-state index contributed by atoms with van der Waals surface area (Å²) in [4.78, 5) is 26.3. The number of rotatable bonds is 5. The lowest BCUT2D eigenvalue weighted by Gasteiger charge is -2.21. The first kappa shape index (κ1) is 16.1. The van der Waals surface area contributed by atoms with E-state index in [4.69, 9.17) is 9.47 Å². The van der Waals surface area contributed by atoms with Gasteiger partial charge in [-0.3, -0.25) is 9.59 Å². The highest BCUT2D eigenvalue weighted by Gasteiger charge is 2.24. The molecule has 1 saturated heterocycles. The predicted molar refractivity (Wildman–Crippen MR) is 82.3 cm³/mol. The first-order chi connectivity index (χ1) is 10.5. The summed E-state index contributed by atoms with van der Waals surface area (Å²) in [7, 11) is 3.05. The van der Waals surface area contributed by atoms with Crippen LogP contribution < -0.4 is 14.8 Å². The van der Waals surface area contributed by atoms with Crippen molar-refractivity contribution < 1.29 is 19.1 Å². The number of likely N-dealkylation sites (tertiary alicyclic amines) is 1. The molecule has 1 aliphatic heterocycles. The lowest BCUT2D eigenvalue weighted by molar-refractivity contribution is -0.131. The molecule has 1 fully saturated rings. The normalized spacial score (nSPS) is 15.3. The minimum atomic E-state index is -0.553. The molecule has 22 heavy (non-hydrogen) atoms. The quantitative estimate of drug-likeness (QED) is 0.894. The van der Waals surface area contributed by atoms with Gasteiger partial charge in [-0.05, 0) is 31.9 Å². The predicted octanol–water partition coefficient (Wildman–Crippen LogP) is 1.44. The van der Waals surface area contributed by atoms with E-state index in [2.05, 4.69) is 5.32 Å². The second kappa shape index (κ2) is 7.15. The Morgan fingerprint density at radius 3 is 2.14 bits per heavy atom. The fourth-order valence-corrected chi connectivity index (χ4v) is 2.49. The van der Waals surface area contributed by atoms with Gasteiger partial charge in [-0.15, -0.1) is 0 Å². The van der Waals surface area contributed by atoms with Crippen LogP contribution in [0.2, 0.25) is 0 Å². The van der Waals surface area contributed by atoms with Crippen LogP contribution in [0.3, 0.4) is 0 Å². The van der Waals surface area contributed by atoms with Crippen molar-refractivity contribution in [3.05, 3.63) is 23.8 Å². The molecule has 2 rings (SSSR count). The van der Waals surface area contributed by atoms with Gasteiger partial charge >= 0.3 is 0 Å². The van der Waals surface area contributed by atoms with Crippen LogP contribution in [0.5, 0.6) is 11.5 Å². The first-order valence-electron chi connectivity index (χ1n) is 7.38. The Balaban J connectivity index is 2.06. The van der Waals surface area contributed by atoms with E-state index in [0.717, 1.165) is 25.9 Å². The number of carbonyl (C=O) groups is 2. The molecule has 6 nitrogen and oxygen atoms in total. The van der Waals surface area contributed by atoms with E-state index < -0.39 is 6.04 Å². The van der Waals surface area contributed by atoms with E-state index in [1.807, 2.05) is 0 Å². The molecule has 0 aromatic heterocycles. The van der Waals surface area contributed by atoms with E-state index in [0.29, 0.717) is 17.1 Å². The number of ether oxygens (including phenoxy) is 2. The van der Waals surface area contributed by atoms with Gasteiger partial charge in [0, 0.05) is 24.7 Å². The van der Waals surface area contributed by atoms with Gasteiger partial charge in [0.1, 0.15) is 17.5 Å². The van der Waals surface area contributed by atoms with Gasteiger partial charge in [0.05, 0.1) is 14.2 Å². The van der Waals surface area contributed by atoms with Crippen molar-refractivity contribution in [1.82, 2.24) is 10.2 Å². The molecule has 1 heterocycles. The summed E-state index contributed by atoms with van der Waals surface area (Å²) in [5, 5.41) is 2.73. The molecule has 1 N–H and O–H groups in total. The third-order valence-corrected chi connectivity index (χ3v) is 3.75. The second-order valence-corrected chi connectivity index (χ2v) is 5.33. The number of benzene rings is 1. The van der Waals surface area contributed by atoms with Crippen LogP contribution in [0.1, 0.15) is 30.1 Å². The molecule has 0 unspecified atom stereocenters. The summed E-state index contributed by atoms with van der Waals surface area (Å²) in [5.74, 6) is 0.698. The monoisotopic (exact) mass is 306 g/mol. The van der Waals surface area contributed by atoms with E-state index >= 15 is 0 Å². The zero-order valence-electron chi connectivity index (χ0n) is 13.2. The van der Waals surface area contributed by atoms with Crippen LogP contribution in [-0.2, 0) is 4.79 Å². The number of nitrogens with zero attached hydrogens (tertiary/aromatic N) is 1. The van der Waals surface area contributed by atoms with Crippen molar-refractivity contribution in [2.24, 2.45) is 0 Å². The molecule has 1 aromatic rings. The second-order valence-electron chi connectivity index (χ2n) is 5.33. The highest BCUT2D eigenvalue weighted by molar-refractivity contribution is 5.98. The Morgan fingerprint density at radius 2 is 1.64 bits per heavy atom. The Morgan fingerprint density at radius 1 is 1.09 bits per heavy atom. The summed E-state index contributed by atoms with van der Waals surface area (Å²) in [6.45, 7) is 3.24. The van der Waals surface area contributed by atoms with Gasteiger partial charge < -0.3 is 19.7 Å². The van der Waals surface area contributed by atoms with Gasteiger partial charge in [0.2, 0.25) is 5.91 Å². The van der Waals surface area contributed by atoms with Crippen LogP contribution >= 0.6 is 0 Å². The maximum atomic E-state index is 12.3. The molecule has 0 spiro atoms. The SMILES string of the molecule is COc1cc(OC)cc(C(=O)N[C@H](C)C(=O)N2CCCC2)c1. The largest absolute Gasteiger partial charge is 0.497 e. The lowest BCUT2D eigenvalue weighted by Crippen LogP contribution is -2.45. The highest BCUT2D eigenvalue weighted by atomic mass is 16.5. The Kier molecular flexibility index (Phi) is 5.25. The smallest absolute Gasteiger partial charge is 0.252 e. The zero-order valence-corrected chi connectivity index (χ0v) is 13.2. The summed E-state index contributed by atoms with van der Waals surface area (Å²) < 4.78 is 10.3. The molecule has 1 atom stereocenters. The topological polar surface area (TPSA) is 67.9 Å². The molecule has 1 aromatic carbocycles. The van der Waals surface area contributed by atoms with Crippen molar-refractivity contribution in [3.8, 4) is 11.5 Å². The summed E-state index contributed by atoms with van der Waals surface area (Å²) in [5.41, 5.74) is 0.400. The standard InChI is InChI=1S/C16H22N2O4/c1-11(16(20)18-6-4-5-7-18)17-15(19)12-8-13(21-2)10-14(9-12)22-3/h8-11H,4-7H2,1-3H3,(H,17,19)/t11-/m1/s1. The number of methoxy groups -OCH3 is 2. The molecular formula is C16H22N2O4. The van der Waals surface area contributed by atoms with Gasteiger partial charge in [-0.2, -0.15) is 0 Å². The number of carbonyl (C=O) groups excluding carboxylic acids is 2. The minimum Gasteiger partial charge on any atom is -0.497 e. The summed E-state index contributed by atoms with van der Waals surface area (Å²) in [6.07, 6.45) is 2.05. The third kappa shape index (κ3) is 3.69. The van der Waals surface area contributed by atoms with E-state index in [9.17, 15) is 9.59 Å². The van der Waals surface area contributed by atoms with E-state index in [1.54, 1.807) is 30.0 Å². The van der Waals surface area contributed by atoms with Gasteiger partial charge in [-0.25, -0.2) is 0 Å². The molecule has 0 aliphatic carbocycles. The van der Waals surface area contributed by atoms with Gasteiger partial charge in [0.25, 0.3) is 5.91 Å². The first-order valence-corrected chi connectivity index (χ1v) is 7.38. The Bertz CT molecular complexity index is 531. The van der Waals surface area contributed by atoms with Crippen molar-refractivity contribution in [1.29, 1.82) is 0 Å². The van der Waals surface area contributed by atoms with Crippen LogP contribution in [0.25, 0.3) is 0 Å². The van der Waals surface area contributed by atoms with E-state index in [1.165, 1.54) is 14.2 Å². The number of amides is 2. The molecule has 6 heteroatoms. The lowest BCUT2D eigenvalue weighted by atomic mass is 10.1. The Hall–Kier alpha value is -2.24.